The molecule has 2 aliphatic rings. The number of anilines is 1. The third kappa shape index (κ3) is 4.38. The number of carbonyl (C=O) groups is 1. The molecule has 0 heterocycles. The number of amides is 2. The molecule has 0 saturated carbocycles. The van der Waals surface area contributed by atoms with Gasteiger partial charge in [-0.25, -0.2) is 14.1 Å². The van der Waals surface area contributed by atoms with E-state index in [4.69, 9.17) is 5.14 Å². The van der Waals surface area contributed by atoms with Gasteiger partial charge in [0, 0.05) is 5.69 Å². The van der Waals surface area contributed by atoms with E-state index in [2.05, 4.69) is 15.7 Å². The number of hydrogen-bond donors (Lipinski definition) is 2. The summed E-state index contributed by atoms with van der Waals surface area (Å²) in [5.74, 6) is 0. The number of nitrogens with one attached hydrogen (secondary N) is 1. The number of fused-ring (bicyclic) bond motifs is 2. The summed E-state index contributed by atoms with van der Waals surface area (Å²) in [6, 6.07) is 11.7. The van der Waals surface area contributed by atoms with Crippen molar-refractivity contribution in [3.63, 3.8) is 0 Å². The van der Waals surface area contributed by atoms with Gasteiger partial charge in [0.1, 0.15) is 9.92 Å². The molecule has 2 amide bonds. The molecule has 0 bridgehead atoms. The molecule has 0 saturated heterocycles. The molecular weight excluding hydrogens is 382 g/mol. The van der Waals surface area contributed by atoms with Crippen molar-refractivity contribution in [3.05, 3.63) is 64.2 Å². The molecule has 3 N–H and O–H groups in total. The van der Waals surface area contributed by atoms with Gasteiger partial charge >= 0.3 is 6.03 Å². The van der Waals surface area contributed by atoms with E-state index in [9.17, 15) is 9.00 Å². The summed E-state index contributed by atoms with van der Waals surface area (Å²) in [6.07, 6.45) is 7.68. The zero-order chi connectivity index (χ0) is 20.4. The van der Waals surface area contributed by atoms with Crippen LogP contribution in [0.1, 0.15) is 54.0 Å². The van der Waals surface area contributed by atoms with Crippen LogP contribution in [0.15, 0.2) is 40.8 Å². The Morgan fingerprint density at radius 3 is 2.34 bits per heavy atom. The van der Waals surface area contributed by atoms with Crippen molar-refractivity contribution in [2.24, 2.45) is 9.50 Å². The number of nitrogens with zero attached hydrogens (tertiary/aromatic N) is 1. The van der Waals surface area contributed by atoms with Gasteiger partial charge in [-0.1, -0.05) is 36.4 Å². The van der Waals surface area contributed by atoms with Crippen molar-refractivity contribution in [2.45, 2.75) is 63.5 Å². The van der Waals surface area contributed by atoms with Gasteiger partial charge in [0.2, 0.25) is 0 Å². The Morgan fingerprint density at radius 2 is 1.72 bits per heavy atom. The standard InChI is InChI=1S/C23H29N3O2S/c1-16(13-14-17-7-3-2-4-8-17)29(24,28)26-23(27)25-22-20-11-5-9-18(20)15-19-10-6-12-21(19)22/h2-4,7-8,15-16H,5-6,9-14H2,1H3,(H3,24,25,26,27,28)/t16-,29+/m0/s1. The molecule has 0 aromatic heterocycles. The van der Waals surface area contributed by atoms with Gasteiger partial charge in [-0.05, 0) is 86.1 Å². The maximum atomic E-state index is 12.9. The smallest absolute Gasteiger partial charge is 0.305 e. The number of rotatable bonds is 5. The lowest BCUT2D eigenvalue weighted by atomic mass is 9.99. The molecule has 0 spiro atoms. The van der Waals surface area contributed by atoms with E-state index >= 15 is 0 Å². The highest BCUT2D eigenvalue weighted by Crippen LogP contribution is 2.38. The van der Waals surface area contributed by atoms with Crippen LogP contribution in [0.5, 0.6) is 0 Å². The number of nitrogens with two attached hydrogens (primary N) is 1. The van der Waals surface area contributed by atoms with Crippen LogP contribution in [0.2, 0.25) is 0 Å². The Morgan fingerprint density at radius 1 is 1.10 bits per heavy atom. The first kappa shape index (κ1) is 20.1. The maximum Gasteiger partial charge on any atom is 0.354 e. The van der Waals surface area contributed by atoms with E-state index in [-0.39, 0.29) is 5.25 Å². The summed E-state index contributed by atoms with van der Waals surface area (Å²) in [7, 11) is -3.11. The minimum Gasteiger partial charge on any atom is -0.305 e. The van der Waals surface area contributed by atoms with Gasteiger partial charge in [0.25, 0.3) is 0 Å². The highest BCUT2D eigenvalue weighted by atomic mass is 32.2. The quantitative estimate of drug-likeness (QED) is 0.756. The predicted octanol–water partition coefficient (Wildman–Crippen LogP) is 4.56. The molecule has 2 aliphatic carbocycles. The summed E-state index contributed by atoms with van der Waals surface area (Å²) >= 11 is 0. The maximum absolute atomic E-state index is 12.9. The van der Waals surface area contributed by atoms with E-state index < -0.39 is 15.9 Å². The molecule has 0 unspecified atom stereocenters. The highest BCUT2D eigenvalue weighted by molar-refractivity contribution is 7.92. The first-order valence-corrected chi connectivity index (χ1v) is 12.1. The molecular formula is C23H29N3O2S. The van der Waals surface area contributed by atoms with Crippen LogP contribution in [0, 0.1) is 0 Å². The Labute approximate surface area is 173 Å². The average molecular weight is 412 g/mol. The average Bonchev–Trinajstić information content (AvgIpc) is 3.35. The summed E-state index contributed by atoms with van der Waals surface area (Å²) in [5, 5.41) is 8.59. The lowest BCUT2D eigenvalue weighted by Crippen LogP contribution is -2.28. The Bertz CT molecular complexity index is 1010. The third-order valence-electron chi connectivity index (χ3n) is 6.19. The topological polar surface area (TPSA) is 84.6 Å². The molecule has 0 fully saturated rings. The molecule has 154 valence electrons. The van der Waals surface area contributed by atoms with Crippen LogP contribution in [0.25, 0.3) is 0 Å². The second kappa shape index (κ2) is 8.28. The Balaban J connectivity index is 1.50. The van der Waals surface area contributed by atoms with E-state index in [0.29, 0.717) is 6.42 Å². The number of aryl methyl sites for hydroxylation is 3. The van der Waals surface area contributed by atoms with E-state index in [1.54, 1.807) is 6.92 Å². The minimum atomic E-state index is -3.11. The van der Waals surface area contributed by atoms with Crippen molar-refractivity contribution in [1.82, 2.24) is 0 Å². The van der Waals surface area contributed by atoms with Gasteiger partial charge in [-0.3, -0.25) is 0 Å². The first-order chi connectivity index (χ1) is 13.9. The Kier molecular flexibility index (Phi) is 5.74. The number of hydrogen-bond acceptors (Lipinski definition) is 2. The number of benzene rings is 2. The molecule has 0 aliphatic heterocycles. The number of carbonyl (C=O) groups excluding carboxylic acids is 1. The Hall–Kier alpha value is -2.18. The van der Waals surface area contributed by atoms with Gasteiger partial charge < -0.3 is 5.32 Å². The second-order valence-electron chi connectivity index (χ2n) is 8.20. The van der Waals surface area contributed by atoms with Crippen molar-refractivity contribution in [3.8, 4) is 0 Å². The monoisotopic (exact) mass is 411 g/mol. The zero-order valence-corrected chi connectivity index (χ0v) is 17.8. The fraction of sp³-hybridized carbons (Fsp3) is 0.435. The molecule has 0 radical (unpaired) electrons. The van der Waals surface area contributed by atoms with Gasteiger partial charge in [0.15, 0.2) is 0 Å². The fourth-order valence-corrected chi connectivity index (χ4v) is 5.44. The van der Waals surface area contributed by atoms with Gasteiger partial charge in [-0.15, -0.1) is 4.36 Å². The summed E-state index contributed by atoms with van der Waals surface area (Å²) in [4.78, 5) is 12.7. The molecule has 29 heavy (non-hydrogen) atoms. The lowest BCUT2D eigenvalue weighted by molar-refractivity contribution is 0.260. The largest absolute Gasteiger partial charge is 0.354 e. The second-order valence-corrected chi connectivity index (χ2v) is 10.4. The summed E-state index contributed by atoms with van der Waals surface area (Å²) in [5.41, 5.74) is 7.21. The fourth-order valence-electron chi connectivity index (χ4n) is 4.50. The molecule has 2 aromatic rings. The molecule has 2 atom stereocenters. The van der Waals surface area contributed by atoms with Gasteiger partial charge in [0.05, 0.1) is 5.25 Å². The predicted molar refractivity (Wildman–Crippen MR) is 118 cm³/mol. The molecule has 2 aromatic carbocycles. The van der Waals surface area contributed by atoms with Crippen molar-refractivity contribution in [1.29, 1.82) is 0 Å². The number of urea groups is 1. The third-order valence-corrected chi connectivity index (χ3v) is 8.03. The summed E-state index contributed by atoms with van der Waals surface area (Å²) < 4.78 is 16.8. The van der Waals surface area contributed by atoms with E-state index in [1.165, 1.54) is 22.3 Å². The minimum absolute atomic E-state index is 0.374. The molecule has 4 rings (SSSR count). The molecule has 6 heteroatoms. The normalized spacial score (nSPS) is 17.9. The van der Waals surface area contributed by atoms with Crippen molar-refractivity contribution in [2.75, 3.05) is 5.32 Å². The van der Waals surface area contributed by atoms with E-state index in [0.717, 1.165) is 56.2 Å². The van der Waals surface area contributed by atoms with Crippen LogP contribution < -0.4 is 10.5 Å². The van der Waals surface area contributed by atoms with Gasteiger partial charge in [-0.2, -0.15) is 0 Å². The lowest BCUT2D eigenvalue weighted by Gasteiger charge is -2.16. The van der Waals surface area contributed by atoms with Crippen molar-refractivity contribution >= 4 is 21.6 Å². The van der Waals surface area contributed by atoms with Crippen LogP contribution in [-0.2, 0) is 42.0 Å². The zero-order valence-electron chi connectivity index (χ0n) is 16.9. The highest BCUT2D eigenvalue weighted by Gasteiger charge is 2.25. The van der Waals surface area contributed by atoms with Crippen LogP contribution in [-0.4, -0.2) is 15.5 Å². The van der Waals surface area contributed by atoms with Crippen LogP contribution >= 0.6 is 0 Å². The first-order valence-electron chi connectivity index (χ1n) is 10.5. The SMILES string of the molecule is C[C@@H](CCc1ccccc1)[S@](N)(=O)=NC(=O)Nc1c2c(cc3c1CCC3)CCC2. The van der Waals surface area contributed by atoms with Crippen LogP contribution in [0.4, 0.5) is 10.5 Å². The van der Waals surface area contributed by atoms with E-state index in [1.807, 2.05) is 30.3 Å². The molecule has 5 nitrogen and oxygen atoms in total. The summed E-state index contributed by atoms with van der Waals surface area (Å²) in [6.45, 7) is 1.81. The van der Waals surface area contributed by atoms with Crippen molar-refractivity contribution < 1.29 is 9.00 Å². The van der Waals surface area contributed by atoms with Crippen LogP contribution in [0.3, 0.4) is 0 Å².